The van der Waals surface area contributed by atoms with E-state index in [0.29, 0.717) is 12.1 Å². The first kappa shape index (κ1) is 11.1. The molecule has 1 aromatic heterocycles. The fraction of sp³-hybridized carbons (Fsp3) is 0.636. The van der Waals surface area contributed by atoms with Gasteiger partial charge < -0.3 is 15.0 Å². The highest BCUT2D eigenvalue weighted by molar-refractivity contribution is 5.92. The number of aromatic nitrogens is 2. The Labute approximate surface area is 94.5 Å². The lowest BCUT2D eigenvalue weighted by Crippen LogP contribution is -2.61. The van der Waals surface area contributed by atoms with Gasteiger partial charge in [0, 0.05) is 18.5 Å². The highest BCUT2D eigenvalue weighted by Crippen LogP contribution is 2.40. The van der Waals surface area contributed by atoms with E-state index in [9.17, 15) is 9.90 Å². The van der Waals surface area contributed by atoms with Crippen LogP contribution in [0.5, 0.6) is 0 Å². The van der Waals surface area contributed by atoms with Crippen molar-refractivity contribution >= 4 is 5.91 Å². The summed E-state index contributed by atoms with van der Waals surface area (Å²) in [6, 6.07) is 0.0323. The van der Waals surface area contributed by atoms with E-state index in [2.05, 4.69) is 10.3 Å². The molecule has 0 aromatic carbocycles. The summed E-state index contributed by atoms with van der Waals surface area (Å²) in [5.41, 5.74) is 0.297. The molecule has 0 saturated heterocycles. The van der Waals surface area contributed by atoms with Crippen molar-refractivity contribution in [2.45, 2.75) is 32.4 Å². The van der Waals surface area contributed by atoms with E-state index < -0.39 is 0 Å². The maximum Gasteiger partial charge on any atom is 0.269 e. The van der Waals surface area contributed by atoms with Crippen LogP contribution in [0.15, 0.2) is 12.5 Å². The molecule has 88 valence electrons. The lowest BCUT2D eigenvalue weighted by Gasteiger charge is -2.49. The number of carbonyl (C=O) groups excluding carboxylic acids is 1. The van der Waals surface area contributed by atoms with Crippen LogP contribution in [0.1, 0.15) is 30.8 Å². The Balaban J connectivity index is 2.02. The van der Waals surface area contributed by atoms with Gasteiger partial charge in [-0.1, -0.05) is 13.8 Å². The van der Waals surface area contributed by atoms with E-state index >= 15 is 0 Å². The molecule has 1 heterocycles. The fourth-order valence-electron chi connectivity index (χ4n) is 1.96. The molecule has 1 saturated carbocycles. The summed E-state index contributed by atoms with van der Waals surface area (Å²) in [4.78, 5) is 15.8. The van der Waals surface area contributed by atoms with Crippen molar-refractivity contribution in [3.8, 4) is 0 Å². The predicted octanol–water partition coefficient (Wildman–Crippen LogP) is 0.309. The van der Waals surface area contributed by atoms with Crippen LogP contribution in [0, 0.1) is 5.41 Å². The van der Waals surface area contributed by atoms with Crippen LogP contribution in [0.3, 0.4) is 0 Å². The molecule has 1 aromatic rings. The van der Waals surface area contributed by atoms with Crippen LogP contribution in [-0.2, 0) is 7.05 Å². The first-order valence-corrected chi connectivity index (χ1v) is 5.38. The molecular formula is C11H17N3O2. The van der Waals surface area contributed by atoms with Crippen LogP contribution < -0.4 is 5.32 Å². The number of carbonyl (C=O) groups is 1. The monoisotopic (exact) mass is 223 g/mol. The number of nitrogens with zero attached hydrogens (tertiary/aromatic N) is 2. The number of nitrogens with one attached hydrogen (secondary N) is 1. The minimum absolute atomic E-state index is 0.0323. The van der Waals surface area contributed by atoms with Gasteiger partial charge in [0.05, 0.1) is 18.6 Å². The third-order valence-electron chi connectivity index (χ3n) is 3.57. The van der Waals surface area contributed by atoms with E-state index in [0.717, 1.165) is 0 Å². The zero-order valence-corrected chi connectivity index (χ0v) is 9.77. The first-order chi connectivity index (χ1) is 7.43. The molecule has 2 N–H and O–H groups in total. The SMILES string of the molecule is Cn1cncc1C(=O)NC1CC(O)C1(C)C. The average molecular weight is 223 g/mol. The minimum Gasteiger partial charge on any atom is -0.392 e. The van der Waals surface area contributed by atoms with Gasteiger partial charge in [-0.05, 0) is 6.42 Å². The van der Waals surface area contributed by atoms with Gasteiger partial charge in [0.2, 0.25) is 0 Å². The normalized spacial score (nSPS) is 27.2. The standard InChI is InChI=1S/C11H17N3O2/c1-11(2)8(4-9(11)15)13-10(16)7-5-12-6-14(7)3/h5-6,8-9,15H,4H2,1-3H3,(H,13,16). The van der Waals surface area contributed by atoms with Gasteiger partial charge in [0.15, 0.2) is 0 Å². The Morgan fingerprint density at radius 1 is 1.69 bits per heavy atom. The second kappa shape index (κ2) is 3.59. The maximum atomic E-state index is 11.9. The molecular weight excluding hydrogens is 206 g/mol. The van der Waals surface area contributed by atoms with Crippen molar-refractivity contribution < 1.29 is 9.90 Å². The zero-order chi connectivity index (χ0) is 11.9. The van der Waals surface area contributed by atoms with E-state index in [1.165, 1.54) is 6.20 Å². The fourth-order valence-corrected chi connectivity index (χ4v) is 1.96. The number of imidazole rings is 1. The van der Waals surface area contributed by atoms with Gasteiger partial charge in [-0.2, -0.15) is 0 Å². The molecule has 2 unspecified atom stereocenters. The van der Waals surface area contributed by atoms with Crippen LogP contribution in [-0.4, -0.2) is 32.7 Å². The lowest BCUT2D eigenvalue weighted by atomic mass is 9.64. The molecule has 0 aliphatic heterocycles. The predicted molar refractivity (Wildman–Crippen MR) is 58.9 cm³/mol. The maximum absolute atomic E-state index is 11.9. The number of aliphatic hydroxyl groups is 1. The van der Waals surface area contributed by atoms with Gasteiger partial charge in [0.25, 0.3) is 5.91 Å². The molecule has 0 radical (unpaired) electrons. The highest BCUT2D eigenvalue weighted by Gasteiger charge is 2.48. The van der Waals surface area contributed by atoms with Gasteiger partial charge in [-0.15, -0.1) is 0 Å². The van der Waals surface area contributed by atoms with Gasteiger partial charge >= 0.3 is 0 Å². The van der Waals surface area contributed by atoms with E-state index in [4.69, 9.17) is 0 Å². The topological polar surface area (TPSA) is 67.2 Å². The largest absolute Gasteiger partial charge is 0.392 e. The van der Waals surface area contributed by atoms with Crippen LogP contribution in [0.2, 0.25) is 0 Å². The van der Waals surface area contributed by atoms with Crippen molar-refractivity contribution in [2.75, 3.05) is 0 Å². The van der Waals surface area contributed by atoms with Crippen molar-refractivity contribution in [2.24, 2.45) is 12.5 Å². The zero-order valence-electron chi connectivity index (χ0n) is 9.77. The average Bonchev–Trinajstić information content (AvgIpc) is 2.64. The molecule has 16 heavy (non-hydrogen) atoms. The van der Waals surface area contributed by atoms with Crippen LogP contribution in [0.25, 0.3) is 0 Å². The molecule has 2 rings (SSSR count). The molecule has 0 spiro atoms. The van der Waals surface area contributed by atoms with Gasteiger partial charge in [-0.25, -0.2) is 4.98 Å². The molecule has 1 aliphatic rings. The van der Waals surface area contributed by atoms with Gasteiger partial charge in [-0.3, -0.25) is 4.79 Å². The summed E-state index contributed by atoms with van der Waals surface area (Å²) in [5.74, 6) is -0.134. The third-order valence-corrected chi connectivity index (χ3v) is 3.57. The quantitative estimate of drug-likeness (QED) is 0.758. The molecule has 5 heteroatoms. The summed E-state index contributed by atoms with van der Waals surface area (Å²) in [5, 5.41) is 12.5. The second-order valence-corrected chi connectivity index (χ2v) is 4.99. The Morgan fingerprint density at radius 2 is 2.38 bits per heavy atom. The molecule has 1 aliphatic carbocycles. The summed E-state index contributed by atoms with van der Waals surface area (Å²) < 4.78 is 1.68. The van der Waals surface area contributed by atoms with Crippen molar-refractivity contribution in [1.29, 1.82) is 0 Å². The van der Waals surface area contributed by atoms with Crippen LogP contribution >= 0.6 is 0 Å². The van der Waals surface area contributed by atoms with Crippen LogP contribution in [0.4, 0.5) is 0 Å². The molecule has 1 fully saturated rings. The number of amides is 1. The summed E-state index contributed by atoms with van der Waals surface area (Å²) in [7, 11) is 1.78. The highest BCUT2D eigenvalue weighted by atomic mass is 16.3. The number of hydrogen-bond donors (Lipinski definition) is 2. The van der Waals surface area contributed by atoms with Crippen molar-refractivity contribution in [1.82, 2.24) is 14.9 Å². The molecule has 5 nitrogen and oxygen atoms in total. The summed E-state index contributed by atoms with van der Waals surface area (Å²) in [6.07, 6.45) is 3.42. The van der Waals surface area contributed by atoms with E-state index in [1.807, 2.05) is 13.8 Å². The first-order valence-electron chi connectivity index (χ1n) is 5.38. The molecule has 0 bridgehead atoms. The number of hydrogen-bond acceptors (Lipinski definition) is 3. The number of aliphatic hydroxyl groups excluding tert-OH is 1. The lowest BCUT2D eigenvalue weighted by molar-refractivity contribution is -0.0690. The number of rotatable bonds is 2. The second-order valence-electron chi connectivity index (χ2n) is 4.99. The molecule has 1 amide bonds. The Morgan fingerprint density at radius 3 is 2.81 bits per heavy atom. The van der Waals surface area contributed by atoms with Crippen molar-refractivity contribution in [3.05, 3.63) is 18.2 Å². The van der Waals surface area contributed by atoms with Crippen molar-refractivity contribution in [3.63, 3.8) is 0 Å². The smallest absolute Gasteiger partial charge is 0.269 e. The van der Waals surface area contributed by atoms with Gasteiger partial charge in [0.1, 0.15) is 5.69 Å². The Kier molecular flexibility index (Phi) is 2.50. The van der Waals surface area contributed by atoms with E-state index in [1.54, 1.807) is 17.9 Å². The number of aryl methyl sites for hydroxylation is 1. The molecule has 2 atom stereocenters. The Hall–Kier alpha value is -1.36. The summed E-state index contributed by atoms with van der Waals surface area (Å²) >= 11 is 0. The third kappa shape index (κ3) is 1.61. The Bertz CT molecular complexity index is 411. The minimum atomic E-state index is -0.329. The summed E-state index contributed by atoms with van der Waals surface area (Å²) in [6.45, 7) is 3.91. The van der Waals surface area contributed by atoms with E-state index in [-0.39, 0.29) is 23.5 Å².